The Kier molecular flexibility index (Phi) is 13.4. The first-order valence-electron chi connectivity index (χ1n) is 9.56. The topological polar surface area (TPSA) is 104 Å². The SMILES string of the molecule is CCNC(=NCC(O)COc1cccc(C)c1)NCCNC(=O)OC(C)(C)C.I. The van der Waals surface area contributed by atoms with Gasteiger partial charge in [-0.15, -0.1) is 24.0 Å². The molecule has 0 radical (unpaired) electrons. The summed E-state index contributed by atoms with van der Waals surface area (Å²) in [7, 11) is 0. The van der Waals surface area contributed by atoms with Crippen LogP contribution in [0.3, 0.4) is 0 Å². The number of alkyl carbamates (subject to hydrolysis) is 1. The molecule has 0 saturated heterocycles. The number of hydrogen-bond acceptors (Lipinski definition) is 5. The number of nitrogens with one attached hydrogen (secondary N) is 3. The Balaban J connectivity index is 0.00000784. The predicted octanol–water partition coefficient (Wildman–Crippen LogP) is 2.43. The lowest BCUT2D eigenvalue weighted by molar-refractivity contribution is 0.0529. The van der Waals surface area contributed by atoms with Crippen molar-refractivity contribution in [1.29, 1.82) is 0 Å². The standard InChI is InChI=1S/C20H34N4O4.HI/c1-6-21-18(22-10-11-23-19(26)28-20(3,4)5)24-13-16(25)14-27-17-9-7-8-15(2)12-17;/h7-9,12,16,25H,6,10-11,13-14H2,1-5H3,(H,23,26)(H2,21,22,24);1H. The van der Waals surface area contributed by atoms with Crippen LogP contribution in [-0.4, -0.2) is 61.7 Å². The maximum absolute atomic E-state index is 11.6. The van der Waals surface area contributed by atoms with Gasteiger partial charge >= 0.3 is 6.09 Å². The van der Waals surface area contributed by atoms with Gasteiger partial charge in [0.15, 0.2) is 5.96 Å². The molecule has 0 heterocycles. The van der Waals surface area contributed by atoms with Crippen LogP contribution in [-0.2, 0) is 4.74 Å². The van der Waals surface area contributed by atoms with Crippen LogP contribution < -0.4 is 20.7 Å². The highest BCUT2D eigenvalue weighted by molar-refractivity contribution is 14.0. The fraction of sp³-hybridized carbons (Fsp3) is 0.600. The van der Waals surface area contributed by atoms with Crippen LogP contribution in [0, 0.1) is 6.92 Å². The highest BCUT2D eigenvalue weighted by atomic mass is 127. The zero-order chi connectivity index (χ0) is 21.0. The number of aliphatic imine (C=N–C) groups is 1. The van der Waals surface area contributed by atoms with Gasteiger partial charge in [0.1, 0.15) is 24.1 Å². The number of carbonyl (C=O) groups excluding carboxylic acids is 1. The van der Waals surface area contributed by atoms with Gasteiger partial charge in [-0.3, -0.25) is 4.99 Å². The zero-order valence-corrected chi connectivity index (χ0v) is 20.3. The molecule has 8 nitrogen and oxygen atoms in total. The van der Waals surface area contributed by atoms with Gasteiger partial charge in [0.2, 0.25) is 0 Å². The molecule has 1 atom stereocenters. The molecule has 1 unspecified atom stereocenters. The second-order valence-electron chi connectivity index (χ2n) is 7.36. The van der Waals surface area contributed by atoms with Crippen LogP contribution >= 0.6 is 24.0 Å². The molecule has 9 heteroatoms. The first-order valence-corrected chi connectivity index (χ1v) is 9.56. The second-order valence-corrected chi connectivity index (χ2v) is 7.36. The minimum atomic E-state index is -0.726. The Hall–Kier alpha value is -1.75. The van der Waals surface area contributed by atoms with Gasteiger partial charge in [-0.1, -0.05) is 12.1 Å². The molecule has 1 aromatic carbocycles. The van der Waals surface area contributed by atoms with Crippen LogP contribution in [0.25, 0.3) is 0 Å². The Morgan fingerprint density at radius 3 is 2.52 bits per heavy atom. The summed E-state index contributed by atoms with van der Waals surface area (Å²) < 4.78 is 10.8. The van der Waals surface area contributed by atoms with Gasteiger partial charge in [-0.25, -0.2) is 4.79 Å². The number of carbonyl (C=O) groups is 1. The number of rotatable bonds is 9. The lowest BCUT2D eigenvalue weighted by Gasteiger charge is -2.20. The summed E-state index contributed by atoms with van der Waals surface area (Å²) in [5.74, 6) is 1.28. The van der Waals surface area contributed by atoms with Gasteiger partial charge in [-0.05, 0) is 52.3 Å². The summed E-state index contributed by atoms with van der Waals surface area (Å²) in [6.07, 6.45) is -1.18. The molecule has 0 spiro atoms. The molecule has 0 fully saturated rings. The molecule has 0 aliphatic rings. The van der Waals surface area contributed by atoms with E-state index in [0.717, 1.165) is 11.3 Å². The first kappa shape index (κ1) is 27.2. The summed E-state index contributed by atoms with van der Waals surface area (Å²) in [5, 5.41) is 18.9. The molecule has 1 rings (SSSR count). The Morgan fingerprint density at radius 1 is 1.21 bits per heavy atom. The van der Waals surface area contributed by atoms with E-state index in [2.05, 4.69) is 20.9 Å². The average Bonchev–Trinajstić information content (AvgIpc) is 2.60. The van der Waals surface area contributed by atoms with Gasteiger partial charge in [-0.2, -0.15) is 0 Å². The quantitative estimate of drug-likeness (QED) is 0.172. The average molecular weight is 522 g/mol. The molecule has 0 aliphatic carbocycles. The second kappa shape index (κ2) is 14.3. The lowest BCUT2D eigenvalue weighted by atomic mass is 10.2. The molecule has 0 aromatic heterocycles. The zero-order valence-electron chi connectivity index (χ0n) is 17.9. The Bertz CT molecular complexity index is 635. The normalized spacial score (nSPS) is 12.4. The number of benzene rings is 1. The summed E-state index contributed by atoms with van der Waals surface area (Å²) in [4.78, 5) is 15.9. The molecular formula is C20H35IN4O4. The van der Waals surface area contributed by atoms with Crippen molar-refractivity contribution in [2.24, 2.45) is 4.99 Å². The number of hydrogen-bond donors (Lipinski definition) is 4. The van der Waals surface area contributed by atoms with E-state index in [0.29, 0.717) is 25.6 Å². The fourth-order valence-corrected chi connectivity index (χ4v) is 2.15. The van der Waals surface area contributed by atoms with E-state index >= 15 is 0 Å². The highest BCUT2D eigenvalue weighted by Crippen LogP contribution is 2.12. The molecule has 0 bridgehead atoms. The number of guanidine groups is 1. The minimum Gasteiger partial charge on any atom is -0.491 e. The first-order chi connectivity index (χ1) is 13.2. The fourth-order valence-electron chi connectivity index (χ4n) is 2.15. The third-order valence-corrected chi connectivity index (χ3v) is 3.32. The number of ether oxygens (including phenoxy) is 2. The highest BCUT2D eigenvalue weighted by Gasteiger charge is 2.15. The molecule has 166 valence electrons. The summed E-state index contributed by atoms with van der Waals surface area (Å²) >= 11 is 0. The molecule has 1 aromatic rings. The number of nitrogens with zero attached hydrogens (tertiary/aromatic N) is 1. The van der Waals surface area contributed by atoms with E-state index in [9.17, 15) is 9.90 Å². The third kappa shape index (κ3) is 14.0. The minimum absolute atomic E-state index is 0. The predicted molar refractivity (Wildman–Crippen MR) is 126 cm³/mol. The molecule has 29 heavy (non-hydrogen) atoms. The number of amides is 1. The van der Waals surface area contributed by atoms with E-state index in [-0.39, 0.29) is 37.1 Å². The van der Waals surface area contributed by atoms with Gasteiger partial charge < -0.3 is 30.5 Å². The lowest BCUT2D eigenvalue weighted by Crippen LogP contribution is -2.43. The van der Waals surface area contributed by atoms with Crippen LogP contribution in [0.15, 0.2) is 29.3 Å². The van der Waals surface area contributed by atoms with Crippen molar-refractivity contribution in [2.75, 3.05) is 32.8 Å². The Morgan fingerprint density at radius 2 is 1.90 bits per heavy atom. The number of aryl methyl sites for hydroxylation is 1. The van der Waals surface area contributed by atoms with Crippen molar-refractivity contribution >= 4 is 36.0 Å². The van der Waals surface area contributed by atoms with Crippen LogP contribution in [0.4, 0.5) is 4.79 Å². The van der Waals surface area contributed by atoms with Crippen molar-refractivity contribution in [3.05, 3.63) is 29.8 Å². The van der Waals surface area contributed by atoms with Gasteiger partial charge in [0.25, 0.3) is 0 Å². The van der Waals surface area contributed by atoms with Crippen LogP contribution in [0.5, 0.6) is 5.75 Å². The van der Waals surface area contributed by atoms with Crippen molar-refractivity contribution < 1.29 is 19.4 Å². The number of aliphatic hydroxyl groups excluding tert-OH is 1. The van der Waals surface area contributed by atoms with E-state index < -0.39 is 17.8 Å². The smallest absolute Gasteiger partial charge is 0.407 e. The molecule has 1 amide bonds. The summed E-state index contributed by atoms with van der Waals surface area (Å²) in [6.45, 7) is 11.3. The van der Waals surface area contributed by atoms with Crippen LogP contribution in [0.1, 0.15) is 33.3 Å². The van der Waals surface area contributed by atoms with Gasteiger partial charge in [0, 0.05) is 19.6 Å². The van der Waals surface area contributed by atoms with Crippen molar-refractivity contribution in [1.82, 2.24) is 16.0 Å². The van der Waals surface area contributed by atoms with E-state index in [4.69, 9.17) is 9.47 Å². The summed E-state index contributed by atoms with van der Waals surface area (Å²) in [5.41, 5.74) is 0.577. The monoisotopic (exact) mass is 522 g/mol. The van der Waals surface area contributed by atoms with Crippen LogP contribution in [0.2, 0.25) is 0 Å². The molecule has 0 aliphatic heterocycles. The molecule has 4 N–H and O–H groups in total. The van der Waals surface area contributed by atoms with Gasteiger partial charge in [0.05, 0.1) is 6.54 Å². The molecular weight excluding hydrogens is 487 g/mol. The van der Waals surface area contributed by atoms with Crippen molar-refractivity contribution in [2.45, 2.75) is 46.3 Å². The van der Waals surface area contributed by atoms with E-state index in [1.165, 1.54) is 0 Å². The van der Waals surface area contributed by atoms with Crippen molar-refractivity contribution in [3.63, 3.8) is 0 Å². The third-order valence-electron chi connectivity index (χ3n) is 3.32. The van der Waals surface area contributed by atoms with Crippen molar-refractivity contribution in [3.8, 4) is 5.75 Å². The largest absolute Gasteiger partial charge is 0.491 e. The Labute approximate surface area is 190 Å². The van der Waals surface area contributed by atoms with E-state index in [1.807, 2.05) is 58.9 Å². The summed E-state index contributed by atoms with van der Waals surface area (Å²) in [6, 6.07) is 7.67. The molecule has 0 saturated carbocycles. The maximum Gasteiger partial charge on any atom is 0.407 e. The van der Waals surface area contributed by atoms with E-state index in [1.54, 1.807) is 0 Å². The maximum atomic E-state index is 11.6. The number of aliphatic hydroxyl groups is 1. The number of halogens is 1.